The third-order valence-corrected chi connectivity index (χ3v) is 3.05. The molecule has 0 radical (unpaired) electrons. The van der Waals surface area contributed by atoms with E-state index in [1.165, 1.54) is 5.56 Å². The van der Waals surface area contributed by atoms with Crippen molar-refractivity contribution in [3.05, 3.63) is 34.3 Å². The zero-order valence-corrected chi connectivity index (χ0v) is 13.4. The fourth-order valence-electron chi connectivity index (χ4n) is 1.64. The first-order valence-electron chi connectivity index (χ1n) is 6.54. The lowest BCUT2D eigenvalue weighted by atomic mass is 10.1. The summed E-state index contributed by atoms with van der Waals surface area (Å²) in [5.41, 5.74) is 1.33. The van der Waals surface area contributed by atoms with Gasteiger partial charge in [-0.2, -0.15) is 0 Å². The summed E-state index contributed by atoms with van der Waals surface area (Å²) in [7, 11) is 0. The van der Waals surface area contributed by atoms with E-state index in [0.29, 0.717) is 0 Å². The Morgan fingerprint density at radius 2 is 2.06 bits per heavy atom. The van der Waals surface area contributed by atoms with E-state index in [1.54, 1.807) is 0 Å². The SMILES string of the molecule is CCCOC(CNC(C)(C)C)c1cccc(Br)c1. The van der Waals surface area contributed by atoms with E-state index < -0.39 is 0 Å². The largest absolute Gasteiger partial charge is 0.372 e. The van der Waals surface area contributed by atoms with Gasteiger partial charge in [-0.25, -0.2) is 0 Å². The number of ether oxygens (including phenoxy) is 1. The molecule has 0 aromatic heterocycles. The molecule has 1 aromatic rings. The van der Waals surface area contributed by atoms with Gasteiger partial charge in [-0.05, 0) is 44.9 Å². The maximum Gasteiger partial charge on any atom is 0.0949 e. The number of hydrogen-bond acceptors (Lipinski definition) is 2. The van der Waals surface area contributed by atoms with Gasteiger partial charge in [-0.1, -0.05) is 35.0 Å². The van der Waals surface area contributed by atoms with Crippen LogP contribution in [0.5, 0.6) is 0 Å². The van der Waals surface area contributed by atoms with E-state index in [2.05, 4.69) is 67.1 Å². The third kappa shape index (κ3) is 5.98. The highest BCUT2D eigenvalue weighted by atomic mass is 79.9. The molecule has 0 aliphatic carbocycles. The molecule has 18 heavy (non-hydrogen) atoms. The van der Waals surface area contributed by atoms with Crippen LogP contribution in [0.4, 0.5) is 0 Å². The Kier molecular flexibility index (Phi) is 6.33. The molecule has 0 amide bonds. The second-order valence-electron chi connectivity index (χ2n) is 5.55. The van der Waals surface area contributed by atoms with Gasteiger partial charge in [0.25, 0.3) is 0 Å². The molecule has 0 saturated carbocycles. The summed E-state index contributed by atoms with van der Waals surface area (Å²) in [6, 6.07) is 8.34. The smallest absolute Gasteiger partial charge is 0.0949 e. The lowest BCUT2D eigenvalue weighted by Crippen LogP contribution is -2.39. The van der Waals surface area contributed by atoms with E-state index in [4.69, 9.17) is 4.74 Å². The van der Waals surface area contributed by atoms with Crippen molar-refractivity contribution in [2.24, 2.45) is 0 Å². The Hall–Kier alpha value is -0.380. The van der Waals surface area contributed by atoms with Crippen LogP contribution in [-0.2, 0) is 4.74 Å². The normalized spacial score (nSPS) is 13.6. The number of benzene rings is 1. The standard InChI is InChI=1S/C15H24BrNO/c1-5-9-18-14(11-17-15(2,3)4)12-7-6-8-13(16)10-12/h6-8,10,14,17H,5,9,11H2,1-4H3. The van der Waals surface area contributed by atoms with E-state index in [9.17, 15) is 0 Å². The highest BCUT2D eigenvalue weighted by Gasteiger charge is 2.16. The molecule has 0 heterocycles. The van der Waals surface area contributed by atoms with Crippen molar-refractivity contribution in [1.82, 2.24) is 5.32 Å². The minimum atomic E-state index is 0.111. The second kappa shape index (κ2) is 7.27. The summed E-state index contributed by atoms with van der Waals surface area (Å²) in [6.45, 7) is 10.3. The fraction of sp³-hybridized carbons (Fsp3) is 0.600. The molecule has 1 aromatic carbocycles. The van der Waals surface area contributed by atoms with Gasteiger partial charge >= 0.3 is 0 Å². The highest BCUT2D eigenvalue weighted by Crippen LogP contribution is 2.21. The third-order valence-electron chi connectivity index (χ3n) is 2.56. The van der Waals surface area contributed by atoms with Crippen molar-refractivity contribution in [2.75, 3.05) is 13.2 Å². The summed E-state index contributed by atoms with van der Waals surface area (Å²) in [4.78, 5) is 0. The van der Waals surface area contributed by atoms with Crippen LogP contribution in [0.2, 0.25) is 0 Å². The molecule has 0 saturated heterocycles. The summed E-state index contributed by atoms with van der Waals surface area (Å²) >= 11 is 3.51. The highest BCUT2D eigenvalue weighted by molar-refractivity contribution is 9.10. The molecule has 1 atom stereocenters. The van der Waals surface area contributed by atoms with Crippen LogP contribution in [0.15, 0.2) is 28.7 Å². The van der Waals surface area contributed by atoms with Crippen LogP contribution in [0.1, 0.15) is 45.8 Å². The molecule has 1 rings (SSSR count). The van der Waals surface area contributed by atoms with Gasteiger partial charge in [-0.15, -0.1) is 0 Å². The average molecular weight is 314 g/mol. The van der Waals surface area contributed by atoms with Gasteiger partial charge in [0.1, 0.15) is 0 Å². The Labute approximate surface area is 119 Å². The Morgan fingerprint density at radius 3 is 2.61 bits per heavy atom. The zero-order valence-electron chi connectivity index (χ0n) is 11.8. The van der Waals surface area contributed by atoms with E-state index in [0.717, 1.165) is 24.0 Å². The number of halogens is 1. The van der Waals surface area contributed by atoms with Crippen molar-refractivity contribution in [1.29, 1.82) is 0 Å². The molecule has 0 aliphatic heterocycles. The topological polar surface area (TPSA) is 21.3 Å². The zero-order chi connectivity index (χ0) is 13.6. The first-order chi connectivity index (χ1) is 8.42. The Balaban J connectivity index is 2.71. The molecule has 1 N–H and O–H groups in total. The molecule has 2 nitrogen and oxygen atoms in total. The van der Waals surface area contributed by atoms with Crippen molar-refractivity contribution < 1.29 is 4.74 Å². The Morgan fingerprint density at radius 1 is 1.33 bits per heavy atom. The van der Waals surface area contributed by atoms with Gasteiger partial charge in [0.15, 0.2) is 0 Å². The summed E-state index contributed by atoms with van der Waals surface area (Å²) in [6.07, 6.45) is 1.15. The van der Waals surface area contributed by atoms with Crippen LogP contribution in [0.25, 0.3) is 0 Å². The van der Waals surface area contributed by atoms with Crippen LogP contribution in [-0.4, -0.2) is 18.7 Å². The monoisotopic (exact) mass is 313 g/mol. The second-order valence-corrected chi connectivity index (χ2v) is 6.46. The molecular formula is C15H24BrNO. The van der Waals surface area contributed by atoms with E-state index in [1.807, 2.05) is 6.07 Å². The molecule has 1 unspecified atom stereocenters. The lowest BCUT2D eigenvalue weighted by Gasteiger charge is -2.26. The number of hydrogen-bond donors (Lipinski definition) is 1. The summed E-state index contributed by atoms with van der Waals surface area (Å²) in [5, 5.41) is 3.51. The summed E-state index contributed by atoms with van der Waals surface area (Å²) < 4.78 is 7.04. The minimum absolute atomic E-state index is 0.111. The predicted molar refractivity (Wildman–Crippen MR) is 80.9 cm³/mol. The van der Waals surface area contributed by atoms with Crippen molar-refractivity contribution in [3.63, 3.8) is 0 Å². The van der Waals surface area contributed by atoms with Crippen LogP contribution >= 0.6 is 15.9 Å². The number of nitrogens with one attached hydrogen (secondary N) is 1. The average Bonchev–Trinajstić information content (AvgIpc) is 2.28. The van der Waals surface area contributed by atoms with Crippen molar-refractivity contribution >= 4 is 15.9 Å². The van der Waals surface area contributed by atoms with Crippen molar-refractivity contribution in [3.8, 4) is 0 Å². The molecule has 102 valence electrons. The molecule has 3 heteroatoms. The molecule has 0 spiro atoms. The molecule has 0 bridgehead atoms. The molecule has 0 aliphatic rings. The minimum Gasteiger partial charge on any atom is -0.372 e. The number of rotatable bonds is 6. The lowest BCUT2D eigenvalue weighted by molar-refractivity contribution is 0.0486. The predicted octanol–water partition coefficient (Wildman–Crippen LogP) is 4.30. The van der Waals surface area contributed by atoms with Gasteiger partial charge in [0.05, 0.1) is 6.10 Å². The van der Waals surface area contributed by atoms with Crippen LogP contribution in [0.3, 0.4) is 0 Å². The molecular weight excluding hydrogens is 290 g/mol. The van der Waals surface area contributed by atoms with Gasteiger partial charge in [0, 0.05) is 23.2 Å². The molecule has 0 fully saturated rings. The maximum absolute atomic E-state index is 5.94. The van der Waals surface area contributed by atoms with E-state index in [-0.39, 0.29) is 11.6 Å². The van der Waals surface area contributed by atoms with E-state index >= 15 is 0 Å². The maximum atomic E-state index is 5.94. The van der Waals surface area contributed by atoms with Gasteiger partial charge < -0.3 is 10.1 Å². The van der Waals surface area contributed by atoms with Gasteiger partial charge in [-0.3, -0.25) is 0 Å². The van der Waals surface area contributed by atoms with Crippen molar-refractivity contribution in [2.45, 2.75) is 45.8 Å². The first-order valence-corrected chi connectivity index (χ1v) is 7.34. The van der Waals surface area contributed by atoms with Crippen LogP contribution in [0, 0.1) is 0 Å². The quantitative estimate of drug-likeness (QED) is 0.845. The van der Waals surface area contributed by atoms with Gasteiger partial charge in [0.2, 0.25) is 0 Å². The Bertz CT molecular complexity index is 360. The van der Waals surface area contributed by atoms with Crippen LogP contribution < -0.4 is 5.32 Å². The fourth-order valence-corrected chi connectivity index (χ4v) is 2.06. The first kappa shape index (κ1) is 15.7. The summed E-state index contributed by atoms with van der Waals surface area (Å²) in [5.74, 6) is 0.